The number of carbonyl (C=O) groups is 1. The summed E-state index contributed by atoms with van der Waals surface area (Å²) in [6, 6.07) is 17.9. The molecule has 3 nitrogen and oxygen atoms in total. The molecule has 23 heavy (non-hydrogen) atoms. The second-order valence-corrected chi connectivity index (χ2v) is 6.72. The summed E-state index contributed by atoms with van der Waals surface area (Å²) in [4.78, 5) is 13.9. The van der Waals surface area contributed by atoms with Gasteiger partial charge in [-0.15, -0.1) is 0 Å². The summed E-state index contributed by atoms with van der Waals surface area (Å²) in [5, 5.41) is 0. The predicted octanol–water partition coefficient (Wildman–Crippen LogP) is 3.44. The van der Waals surface area contributed by atoms with Crippen LogP contribution in [0.2, 0.25) is 0 Å². The molecule has 2 aromatic carbocycles. The molecule has 2 aliphatic rings. The summed E-state index contributed by atoms with van der Waals surface area (Å²) in [7, 11) is 0. The van der Waals surface area contributed by atoms with Gasteiger partial charge in [-0.25, -0.2) is 0 Å². The van der Waals surface area contributed by atoms with E-state index in [-0.39, 0.29) is 5.91 Å². The van der Waals surface area contributed by atoms with E-state index in [0.717, 1.165) is 6.54 Å². The standard InChI is InChI=1S/C20H22N2O/c21-20(23)16-7-5-14(6-8-16)13-22(17-10-11-17)19-12-9-15-3-1-2-4-18(15)19/h1-8,17,19H,9-13H2,(H2,21,23)/t19-/m0/s1. The Morgan fingerprint density at radius 1 is 1.04 bits per heavy atom. The number of nitrogens with two attached hydrogens (primary N) is 1. The number of fused-ring (bicyclic) bond motifs is 1. The fourth-order valence-electron chi connectivity index (χ4n) is 3.76. The molecule has 0 heterocycles. The lowest BCUT2D eigenvalue weighted by molar-refractivity contribution is 0.1000. The van der Waals surface area contributed by atoms with Gasteiger partial charge in [0.05, 0.1) is 0 Å². The lowest BCUT2D eigenvalue weighted by Gasteiger charge is -2.30. The number of rotatable bonds is 5. The molecule has 0 aromatic heterocycles. The number of nitrogens with zero attached hydrogens (tertiary/aromatic N) is 1. The third kappa shape index (κ3) is 2.89. The van der Waals surface area contributed by atoms with Gasteiger partial charge in [-0.1, -0.05) is 36.4 Å². The van der Waals surface area contributed by atoms with Crippen LogP contribution in [0.25, 0.3) is 0 Å². The Labute approximate surface area is 137 Å². The van der Waals surface area contributed by atoms with Crippen LogP contribution < -0.4 is 5.73 Å². The Kier molecular flexibility index (Phi) is 3.66. The first-order valence-corrected chi connectivity index (χ1v) is 8.44. The lowest BCUT2D eigenvalue weighted by Crippen LogP contribution is -2.29. The Balaban J connectivity index is 1.56. The third-order valence-corrected chi connectivity index (χ3v) is 5.12. The van der Waals surface area contributed by atoms with Crippen LogP contribution in [0.4, 0.5) is 0 Å². The van der Waals surface area contributed by atoms with Crippen LogP contribution in [0.3, 0.4) is 0 Å². The maximum atomic E-state index is 11.2. The van der Waals surface area contributed by atoms with E-state index in [1.54, 1.807) is 0 Å². The average molecular weight is 306 g/mol. The minimum atomic E-state index is -0.361. The van der Waals surface area contributed by atoms with Crippen molar-refractivity contribution in [2.24, 2.45) is 5.73 Å². The monoisotopic (exact) mass is 306 g/mol. The van der Waals surface area contributed by atoms with Gasteiger partial charge >= 0.3 is 0 Å². The molecule has 2 aromatic rings. The van der Waals surface area contributed by atoms with Gasteiger partial charge in [0.25, 0.3) is 0 Å². The smallest absolute Gasteiger partial charge is 0.248 e. The first-order valence-electron chi connectivity index (χ1n) is 8.44. The van der Waals surface area contributed by atoms with E-state index < -0.39 is 0 Å². The highest BCUT2D eigenvalue weighted by Crippen LogP contribution is 2.42. The molecule has 1 atom stereocenters. The third-order valence-electron chi connectivity index (χ3n) is 5.12. The normalized spacial score (nSPS) is 19.8. The molecule has 0 saturated heterocycles. The van der Waals surface area contributed by atoms with E-state index in [1.165, 1.54) is 42.4 Å². The van der Waals surface area contributed by atoms with Crippen molar-refractivity contribution in [3.8, 4) is 0 Å². The number of carbonyl (C=O) groups excluding carboxylic acids is 1. The maximum Gasteiger partial charge on any atom is 0.248 e. The molecule has 1 fully saturated rings. The predicted molar refractivity (Wildman–Crippen MR) is 91.0 cm³/mol. The number of benzene rings is 2. The van der Waals surface area contributed by atoms with Crippen molar-refractivity contribution >= 4 is 5.91 Å². The zero-order valence-corrected chi connectivity index (χ0v) is 13.2. The van der Waals surface area contributed by atoms with Crippen LogP contribution in [-0.4, -0.2) is 16.8 Å². The van der Waals surface area contributed by atoms with Crippen LogP contribution in [0.5, 0.6) is 0 Å². The van der Waals surface area contributed by atoms with Crippen molar-refractivity contribution in [3.05, 3.63) is 70.8 Å². The molecule has 1 saturated carbocycles. The van der Waals surface area contributed by atoms with Crippen LogP contribution in [0.15, 0.2) is 48.5 Å². The van der Waals surface area contributed by atoms with Gasteiger partial charge in [0.1, 0.15) is 0 Å². The summed E-state index contributed by atoms with van der Waals surface area (Å²) < 4.78 is 0. The summed E-state index contributed by atoms with van der Waals surface area (Å²) >= 11 is 0. The summed E-state index contributed by atoms with van der Waals surface area (Å²) in [6.07, 6.45) is 5.01. The zero-order chi connectivity index (χ0) is 15.8. The SMILES string of the molecule is NC(=O)c1ccc(CN(C2CC2)[C@H]2CCc3ccccc32)cc1. The maximum absolute atomic E-state index is 11.2. The fraction of sp³-hybridized carbons (Fsp3) is 0.350. The van der Waals surface area contributed by atoms with Crippen molar-refractivity contribution in [1.29, 1.82) is 0 Å². The molecule has 2 N–H and O–H groups in total. The van der Waals surface area contributed by atoms with Gasteiger partial charge in [-0.3, -0.25) is 9.69 Å². The molecule has 0 unspecified atom stereocenters. The second-order valence-electron chi connectivity index (χ2n) is 6.72. The van der Waals surface area contributed by atoms with Crippen molar-refractivity contribution in [1.82, 2.24) is 4.90 Å². The molecular formula is C20H22N2O. The van der Waals surface area contributed by atoms with Gasteiger partial charge in [0.2, 0.25) is 5.91 Å². The van der Waals surface area contributed by atoms with E-state index in [0.29, 0.717) is 17.6 Å². The Bertz CT molecular complexity index is 719. The number of hydrogen-bond donors (Lipinski definition) is 1. The Morgan fingerprint density at radius 3 is 2.48 bits per heavy atom. The summed E-state index contributed by atoms with van der Waals surface area (Å²) in [6.45, 7) is 0.947. The van der Waals surface area contributed by atoms with Gasteiger partial charge in [-0.2, -0.15) is 0 Å². The van der Waals surface area contributed by atoms with E-state index in [1.807, 2.05) is 24.3 Å². The van der Waals surface area contributed by atoms with Crippen molar-refractivity contribution in [2.45, 2.75) is 44.3 Å². The highest BCUT2D eigenvalue weighted by Gasteiger charge is 2.37. The van der Waals surface area contributed by atoms with Crippen LogP contribution in [-0.2, 0) is 13.0 Å². The quantitative estimate of drug-likeness (QED) is 0.920. The Hall–Kier alpha value is -2.13. The molecule has 118 valence electrons. The van der Waals surface area contributed by atoms with Crippen LogP contribution >= 0.6 is 0 Å². The number of primary amides is 1. The van der Waals surface area contributed by atoms with Gasteiger partial charge in [0, 0.05) is 24.2 Å². The largest absolute Gasteiger partial charge is 0.366 e. The molecule has 2 aliphatic carbocycles. The molecule has 0 aliphatic heterocycles. The second kappa shape index (κ2) is 5.82. The number of aryl methyl sites for hydroxylation is 1. The molecule has 1 amide bonds. The highest BCUT2D eigenvalue weighted by atomic mass is 16.1. The highest BCUT2D eigenvalue weighted by molar-refractivity contribution is 5.92. The minimum absolute atomic E-state index is 0.361. The van der Waals surface area contributed by atoms with Crippen molar-refractivity contribution in [2.75, 3.05) is 0 Å². The van der Waals surface area contributed by atoms with Crippen LogP contribution in [0.1, 0.15) is 52.4 Å². The van der Waals surface area contributed by atoms with E-state index in [4.69, 9.17) is 5.73 Å². The van der Waals surface area contributed by atoms with E-state index >= 15 is 0 Å². The molecule has 0 radical (unpaired) electrons. The topological polar surface area (TPSA) is 46.3 Å². The molecular weight excluding hydrogens is 284 g/mol. The zero-order valence-electron chi connectivity index (χ0n) is 13.2. The molecule has 0 spiro atoms. The fourth-order valence-corrected chi connectivity index (χ4v) is 3.76. The van der Waals surface area contributed by atoms with Crippen molar-refractivity contribution < 1.29 is 4.79 Å². The van der Waals surface area contributed by atoms with E-state index in [2.05, 4.69) is 29.2 Å². The average Bonchev–Trinajstić information content (AvgIpc) is 3.32. The molecule has 3 heteroatoms. The minimum Gasteiger partial charge on any atom is -0.366 e. The van der Waals surface area contributed by atoms with Crippen LogP contribution in [0, 0.1) is 0 Å². The molecule has 0 bridgehead atoms. The van der Waals surface area contributed by atoms with Crippen molar-refractivity contribution in [3.63, 3.8) is 0 Å². The lowest BCUT2D eigenvalue weighted by atomic mass is 10.0. The Morgan fingerprint density at radius 2 is 1.78 bits per heavy atom. The number of amides is 1. The summed E-state index contributed by atoms with van der Waals surface area (Å²) in [5.74, 6) is -0.361. The first-order chi connectivity index (χ1) is 11.2. The molecule has 4 rings (SSSR count). The summed E-state index contributed by atoms with van der Waals surface area (Å²) in [5.41, 5.74) is 10.2. The van der Waals surface area contributed by atoms with Gasteiger partial charge in [-0.05, 0) is 54.5 Å². The first kappa shape index (κ1) is 14.5. The van der Waals surface area contributed by atoms with Gasteiger partial charge in [0.15, 0.2) is 0 Å². The van der Waals surface area contributed by atoms with E-state index in [9.17, 15) is 4.79 Å². The number of hydrogen-bond acceptors (Lipinski definition) is 2. The van der Waals surface area contributed by atoms with Gasteiger partial charge < -0.3 is 5.73 Å².